The predicted octanol–water partition coefficient (Wildman–Crippen LogP) is 3.04. The van der Waals surface area contributed by atoms with Crippen LogP contribution >= 0.6 is 0 Å². The van der Waals surface area contributed by atoms with Crippen molar-refractivity contribution in [2.24, 2.45) is 0 Å². The van der Waals surface area contributed by atoms with E-state index in [4.69, 9.17) is 4.74 Å². The molecule has 0 radical (unpaired) electrons. The topological polar surface area (TPSA) is 66.9 Å². The maximum atomic E-state index is 12.5. The first kappa shape index (κ1) is 19.6. The summed E-state index contributed by atoms with van der Waals surface area (Å²) < 4.78 is 5.36. The Morgan fingerprint density at radius 2 is 1.71 bits per heavy atom. The summed E-state index contributed by atoms with van der Waals surface area (Å²) in [5.74, 6) is 0.133. The molecule has 0 aliphatic carbocycles. The largest absolute Gasteiger partial charge is 0.496 e. The number of hydrogen-bond donors (Lipinski definition) is 0. The van der Waals surface area contributed by atoms with Gasteiger partial charge in [-0.1, -0.05) is 29.8 Å². The van der Waals surface area contributed by atoms with E-state index in [1.165, 1.54) is 4.90 Å². The molecule has 6 nitrogen and oxygen atoms in total. The van der Waals surface area contributed by atoms with Gasteiger partial charge in [-0.05, 0) is 31.5 Å². The van der Waals surface area contributed by atoms with Crippen LogP contribution in [-0.4, -0.2) is 48.2 Å². The van der Waals surface area contributed by atoms with E-state index in [0.717, 1.165) is 16.9 Å². The summed E-state index contributed by atoms with van der Waals surface area (Å²) in [6.45, 7) is 2.67. The molecule has 1 heterocycles. The SMILES string of the molecule is COc1ccc(C)cc1CN(C)C(=O)CCCN1C(=O)c2ccccc2C1=O. The lowest BCUT2D eigenvalue weighted by Gasteiger charge is -2.20. The van der Waals surface area contributed by atoms with Crippen molar-refractivity contribution >= 4 is 17.7 Å². The van der Waals surface area contributed by atoms with Gasteiger partial charge in [0.2, 0.25) is 5.91 Å². The van der Waals surface area contributed by atoms with Crippen LogP contribution in [0.4, 0.5) is 0 Å². The van der Waals surface area contributed by atoms with Gasteiger partial charge in [0.15, 0.2) is 0 Å². The van der Waals surface area contributed by atoms with Gasteiger partial charge in [0, 0.05) is 32.1 Å². The summed E-state index contributed by atoms with van der Waals surface area (Å²) in [6.07, 6.45) is 0.692. The number of fused-ring (bicyclic) bond motifs is 1. The lowest BCUT2D eigenvalue weighted by molar-refractivity contribution is -0.130. The number of imide groups is 1. The summed E-state index contributed by atoms with van der Waals surface area (Å²) in [7, 11) is 3.35. The number of aryl methyl sites for hydroxylation is 1. The minimum Gasteiger partial charge on any atom is -0.496 e. The van der Waals surface area contributed by atoms with Gasteiger partial charge in [-0.15, -0.1) is 0 Å². The lowest BCUT2D eigenvalue weighted by Crippen LogP contribution is -2.32. The van der Waals surface area contributed by atoms with Crippen LogP contribution in [0.5, 0.6) is 5.75 Å². The van der Waals surface area contributed by atoms with Crippen molar-refractivity contribution in [3.8, 4) is 5.75 Å². The fourth-order valence-corrected chi connectivity index (χ4v) is 3.40. The zero-order valence-corrected chi connectivity index (χ0v) is 16.4. The average molecular weight is 380 g/mol. The molecule has 0 aromatic heterocycles. The van der Waals surface area contributed by atoms with Gasteiger partial charge in [0.1, 0.15) is 5.75 Å². The first-order chi connectivity index (χ1) is 13.4. The summed E-state index contributed by atoms with van der Waals surface area (Å²) in [5.41, 5.74) is 2.91. The standard InChI is InChI=1S/C22H24N2O4/c1-15-10-11-19(28-3)16(13-15)14-23(2)20(25)9-6-12-24-21(26)17-7-4-5-8-18(17)22(24)27/h4-5,7-8,10-11,13H,6,9,12,14H2,1-3H3. The van der Waals surface area contributed by atoms with E-state index in [0.29, 0.717) is 24.1 Å². The van der Waals surface area contributed by atoms with Gasteiger partial charge in [-0.25, -0.2) is 0 Å². The van der Waals surface area contributed by atoms with Crippen LogP contribution in [0.15, 0.2) is 42.5 Å². The Labute approximate surface area is 164 Å². The van der Waals surface area contributed by atoms with Crippen molar-refractivity contribution in [1.82, 2.24) is 9.80 Å². The van der Waals surface area contributed by atoms with Crippen molar-refractivity contribution in [3.63, 3.8) is 0 Å². The highest BCUT2D eigenvalue weighted by atomic mass is 16.5. The van der Waals surface area contributed by atoms with E-state index in [1.54, 1.807) is 43.3 Å². The van der Waals surface area contributed by atoms with Gasteiger partial charge < -0.3 is 9.64 Å². The van der Waals surface area contributed by atoms with E-state index >= 15 is 0 Å². The number of carbonyl (C=O) groups excluding carboxylic acids is 3. The van der Waals surface area contributed by atoms with E-state index < -0.39 is 0 Å². The fraction of sp³-hybridized carbons (Fsp3) is 0.318. The Balaban J connectivity index is 1.54. The summed E-state index contributed by atoms with van der Waals surface area (Å²) in [5, 5.41) is 0. The number of rotatable bonds is 7. The van der Waals surface area contributed by atoms with Crippen molar-refractivity contribution in [2.75, 3.05) is 20.7 Å². The number of nitrogens with zero attached hydrogens (tertiary/aromatic N) is 2. The molecule has 2 aromatic rings. The predicted molar refractivity (Wildman–Crippen MR) is 105 cm³/mol. The summed E-state index contributed by atoms with van der Waals surface area (Å²) in [4.78, 5) is 40.1. The normalized spacial score (nSPS) is 12.9. The van der Waals surface area contributed by atoms with Gasteiger partial charge in [-0.2, -0.15) is 0 Å². The second-order valence-corrected chi connectivity index (χ2v) is 6.98. The maximum absolute atomic E-state index is 12.5. The highest BCUT2D eigenvalue weighted by Crippen LogP contribution is 2.23. The minimum absolute atomic E-state index is 0.0415. The fourth-order valence-electron chi connectivity index (χ4n) is 3.40. The van der Waals surface area contributed by atoms with Crippen LogP contribution in [0, 0.1) is 6.92 Å². The third-order valence-electron chi connectivity index (χ3n) is 4.92. The molecule has 0 saturated heterocycles. The van der Waals surface area contributed by atoms with Crippen molar-refractivity contribution in [2.45, 2.75) is 26.3 Å². The monoisotopic (exact) mass is 380 g/mol. The third-order valence-corrected chi connectivity index (χ3v) is 4.92. The van der Waals surface area contributed by atoms with Crippen LogP contribution in [0.3, 0.4) is 0 Å². The van der Waals surface area contributed by atoms with Crippen LogP contribution in [0.25, 0.3) is 0 Å². The zero-order chi connectivity index (χ0) is 20.3. The smallest absolute Gasteiger partial charge is 0.261 e. The number of amides is 3. The van der Waals surface area contributed by atoms with E-state index in [-0.39, 0.29) is 30.7 Å². The second-order valence-electron chi connectivity index (χ2n) is 6.98. The molecule has 0 unspecified atom stereocenters. The molecule has 1 aliphatic rings. The second kappa shape index (κ2) is 8.25. The van der Waals surface area contributed by atoms with Crippen LogP contribution in [0.2, 0.25) is 0 Å². The molecule has 28 heavy (non-hydrogen) atoms. The van der Waals surface area contributed by atoms with E-state index in [1.807, 2.05) is 25.1 Å². The van der Waals surface area contributed by atoms with Crippen LogP contribution < -0.4 is 4.74 Å². The highest BCUT2D eigenvalue weighted by Gasteiger charge is 2.34. The number of methoxy groups -OCH3 is 1. The molecule has 0 N–H and O–H groups in total. The summed E-state index contributed by atoms with van der Waals surface area (Å²) in [6, 6.07) is 12.7. The molecule has 0 spiro atoms. The highest BCUT2D eigenvalue weighted by molar-refractivity contribution is 6.21. The number of hydrogen-bond acceptors (Lipinski definition) is 4. The first-order valence-electron chi connectivity index (χ1n) is 9.25. The van der Waals surface area contributed by atoms with Gasteiger partial charge in [0.25, 0.3) is 11.8 Å². The van der Waals surface area contributed by atoms with Crippen molar-refractivity contribution in [1.29, 1.82) is 0 Å². The Kier molecular flexibility index (Phi) is 5.78. The Morgan fingerprint density at radius 3 is 2.32 bits per heavy atom. The van der Waals surface area contributed by atoms with E-state index in [9.17, 15) is 14.4 Å². The maximum Gasteiger partial charge on any atom is 0.261 e. The van der Waals surface area contributed by atoms with Crippen LogP contribution in [-0.2, 0) is 11.3 Å². The quantitative estimate of drug-likeness (QED) is 0.693. The zero-order valence-electron chi connectivity index (χ0n) is 16.4. The molecule has 6 heteroatoms. The number of carbonyl (C=O) groups is 3. The average Bonchev–Trinajstić information content (AvgIpc) is 2.93. The molecule has 3 amide bonds. The molecule has 1 aliphatic heterocycles. The van der Waals surface area contributed by atoms with Crippen LogP contribution in [0.1, 0.15) is 44.7 Å². The van der Waals surface area contributed by atoms with Gasteiger partial charge in [-0.3, -0.25) is 19.3 Å². The van der Waals surface area contributed by atoms with Gasteiger partial charge >= 0.3 is 0 Å². The summed E-state index contributed by atoms with van der Waals surface area (Å²) >= 11 is 0. The van der Waals surface area contributed by atoms with Crippen molar-refractivity contribution < 1.29 is 19.1 Å². The third kappa shape index (κ3) is 3.91. The lowest BCUT2D eigenvalue weighted by atomic mass is 10.1. The Hall–Kier alpha value is -3.15. The molecule has 2 aromatic carbocycles. The molecule has 0 atom stereocenters. The first-order valence-corrected chi connectivity index (χ1v) is 9.25. The van der Waals surface area contributed by atoms with Gasteiger partial charge in [0.05, 0.1) is 18.2 Å². The minimum atomic E-state index is -0.286. The molecular weight excluding hydrogens is 356 g/mol. The Bertz CT molecular complexity index is 888. The van der Waals surface area contributed by atoms with E-state index in [2.05, 4.69) is 0 Å². The molecular formula is C22H24N2O4. The Morgan fingerprint density at radius 1 is 1.07 bits per heavy atom. The number of benzene rings is 2. The molecule has 3 rings (SSSR count). The van der Waals surface area contributed by atoms with Crippen molar-refractivity contribution in [3.05, 3.63) is 64.7 Å². The number of ether oxygens (including phenoxy) is 1. The molecule has 0 fully saturated rings. The molecule has 146 valence electrons. The molecule has 0 bridgehead atoms. The molecule has 0 saturated carbocycles.